The number of esters is 1. The van der Waals surface area contributed by atoms with E-state index in [-0.39, 0.29) is 5.97 Å². The molecule has 5 nitrogen and oxygen atoms in total. The molecule has 37 heavy (non-hydrogen) atoms. The van der Waals surface area contributed by atoms with E-state index in [0.29, 0.717) is 18.9 Å². The van der Waals surface area contributed by atoms with Crippen LogP contribution >= 0.6 is 0 Å². The number of carbonyl (C=O) groups excluding carboxylic acids is 1. The highest BCUT2D eigenvalue weighted by molar-refractivity contribution is 5.69. The fourth-order valence-corrected chi connectivity index (χ4v) is 4.93. The van der Waals surface area contributed by atoms with E-state index in [2.05, 4.69) is 37.0 Å². The minimum atomic E-state index is 0.0388. The smallest absolute Gasteiger partial charge is 0.306 e. The fourth-order valence-electron chi connectivity index (χ4n) is 4.93. The Balaban J connectivity index is 3.85. The zero-order valence-corrected chi connectivity index (χ0v) is 25.0. The highest BCUT2D eigenvalue weighted by Gasteiger charge is 2.15. The van der Waals surface area contributed by atoms with Crippen molar-refractivity contribution < 1.29 is 9.53 Å². The summed E-state index contributed by atoms with van der Waals surface area (Å²) < 4.78 is 5.63. The molecule has 0 atom stereocenters. The molecule has 0 aliphatic heterocycles. The molecule has 0 fully saturated rings. The molecule has 220 valence electrons. The first kappa shape index (κ1) is 36.1. The largest absolute Gasteiger partial charge is 0.466 e. The molecule has 0 unspecified atom stereocenters. The first-order valence-electron chi connectivity index (χ1n) is 16.2. The van der Waals surface area contributed by atoms with Crippen LogP contribution in [0.1, 0.15) is 168 Å². The van der Waals surface area contributed by atoms with Crippen molar-refractivity contribution in [2.75, 3.05) is 13.2 Å². The van der Waals surface area contributed by atoms with Gasteiger partial charge in [0.25, 0.3) is 0 Å². The maximum Gasteiger partial charge on any atom is 0.306 e. The second kappa shape index (κ2) is 31.3. The lowest BCUT2D eigenvalue weighted by molar-refractivity contribution is -0.145. The predicted octanol–water partition coefficient (Wildman–Crippen LogP) is 9.07. The summed E-state index contributed by atoms with van der Waals surface area (Å²) in [6, 6.07) is 0. The third kappa shape index (κ3) is 29.5. The summed E-state index contributed by atoms with van der Waals surface area (Å²) in [5.41, 5.74) is 5.38. The second-order valence-corrected chi connectivity index (χ2v) is 11.0. The average Bonchev–Trinajstić information content (AvgIpc) is 2.90. The molecule has 4 N–H and O–H groups in total. The maximum absolute atomic E-state index is 12.5. The monoisotopic (exact) mass is 524 g/mol. The van der Waals surface area contributed by atoms with Crippen molar-refractivity contribution in [2.45, 2.75) is 168 Å². The average molecular weight is 524 g/mol. The lowest BCUT2D eigenvalue weighted by atomic mass is 9.91. The van der Waals surface area contributed by atoms with Gasteiger partial charge in [0, 0.05) is 13.0 Å². The number of carbonyl (C=O) groups is 1. The van der Waals surface area contributed by atoms with Gasteiger partial charge in [-0.1, -0.05) is 116 Å². The fraction of sp³-hybridized carbons (Fsp3) is 0.906. The number of rotatable bonds is 30. The van der Waals surface area contributed by atoms with Gasteiger partial charge in [0.2, 0.25) is 0 Å². The van der Waals surface area contributed by atoms with Crippen LogP contribution in [-0.2, 0) is 9.53 Å². The van der Waals surface area contributed by atoms with Crippen molar-refractivity contribution in [3.8, 4) is 0 Å². The third-order valence-electron chi connectivity index (χ3n) is 7.36. The Kier molecular flexibility index (Phi) is 30.5. The van der Waals surface area contributed by atoms with Gasteiger partial charge in [-0.15, -0.1) is 0 Å². The van der Waals surface area contributed by atoms with E-state index in [9.17, 15) is 4.79 Å². The minimum Gasteiger partial charge on any atom is -0.466 e. The van der Waals surface area contributed by atoms with Crippen LogP contribution < -0.4 is 16.8 Å². The molecule has 0 aromatic carbocycles. The Labute approximate surface area is 231 Å². The van der Waals surface area contributed by atoms with Crippen LogP contribution in [0.5, 0.6) is 0 Å². The Hall–Kier alpha value is -0.910. The van der Waals surface area contributed by atoms with Gasteiger partial charge in [0.1, 0.15) is 0 Å². The summed E-state index contributed by atoms with van der Waals surface area (Å²) in [5.74, 6) is 5.73. The van der Waals surface area contributed by atoms with Gasteiger partial charge in [-0.2, -0.15) is 5.53 Å². The number of hydrazine groups is 2. The molecule has 5 heteroatoms. The summed E-state index contributed by atoms with van der Waals surface area (Å²) in [6.45, 7) is 6.07. The van der Waals surface area contributed by atoms with Crippen LogP contribution in [0.25, 0.3) is 0 Å². The van der Waals surface area contributed by atoms with Crippen molar-refractivity contribution in [1.29, 1.82) is 0 Å². The molecule has 0 rings (SSSR count). The van der Waals surface area contributed by atoms with Gasteiger partial charge in [0.05, 0.1) is 6.61 Å². The molecule has 0 saturated carbocycles. The molecule has 0 aromatic rings. The van der Waals surface area contributed by atoms with Crippen LogP contribution in [0.15, 0.2) is 12.2 Å². The van der Waals surface area contributed by atoms with Gasteiger partial charge in [0.15, 0.2) is 0 Å². The summed E-state index contributed by atoms with van der Waals surface area (Å²) in [4.78, 5) is 12.5. The lowest BCUT2D eigenvalue weighted by Crippen LogP contribution is -2.38. The van der Waals surface area contributed by atoms with E-state index >= 15 is 0 Å². The molecule has 0 amide bonds. The van der Waals surface area contributed by atoms with E-state index in [1.165, 1.54) is 122 Å². The van der Waals surface area contributed by atoms with Crippen LogP contribution in [0.2, 0.25) is 0 Å². The van der Waals surface area contributed by atoms with E-state index in [1.807, 2.05) is 0 Å². The number of nitrogens with one attached hydrogen (secondary N) is 2. The Morgan fingerprint density at radius 2 is 1.16 bits per heavy atom. The summed E-state index contributed by atoms with van der Waals surface area (Å²) in [5, 5.41) is 0. The summed E-state index contributed by atoms with van der Waals surface area (Å²) in [6.07, 6.45) is 34.2. The second-order valence-electron chi connectivity index (χ2n) is 11.0. The molecule has 0 radical (unpaired) electrons. The molecule has 0 aromatic heterocycles. The SMILES string of the molecule is CCCCCCCCC(CCCCCCCC)CC(=O)OCCCCC/C=C/CCCCCCNNN. The van der Waals surface area contributed by atoms with Gasteiger partial charge in [-0.25, -0.2) is 5.43 Å². The number of unbranched alkanes of at least 4 members (excludes halogenated alkanes) is 17. The van der Waals surface area contributed by atoms with Crippen LogP contribution in [0, 0.1) is 5.92 Å². The molecule has 0 saturated heterocycles. The number of hydrogen-bond acceptors (Lipinski definition) is 5. The van der Waals surface area contributed by atoms with E-state index in [0.717, 1.165) is 32.2 Å². The van der Waals surface area contributed by atoms with E-state index in [1.54, 1.807) is 0 Å². The van der Waals surface area contributed by atoms with Crippen LogP contribution in [0.4, 0.5) is 0 Å². The van der Waals surface area contributed by atoms with Crippen LogP contribution in [0.3, 0.4) is 0 Å². The lowest BCUT2D eigenvalue weighted by Gasteiger charge is -2.16. The van der Waals surface area contributed by atoms with Crippen molar-refractivity contribution >= 4 is 5.97 Å². The molecule has 0 spiro atoms. The predicted molar refractivity (Wildman–Crippen MR) is 161 cm³/mol. The van der Waals surface area contributed by atoms with Crippen molar-refractivity contribution in [3.05, 3.63) is 12.2 Å². The molecule has 0 heterocycles. The molecule has 0 aliphatic carbocycles. The normalized spacial score (nSPS) is 11.7. The van der Waals surface area contributed by atoms with Crippen molar-refractivity contribution in [1.82, 2.24) is 11.0 Å². The Morgan fingerprint density at radius 1 is 0.676 bits per heavy atom. The van der Waals surface area contributed by atoms with E-state index < -0.39 is 0 Å². The summed E-state index contributed by atoms with van der Waals surface area (Å²) in [7, 11) is 0. The third-order valence-corrected chi connectivity index (χ3v) is 7.36. The molecule has 0 bridgehead atoms. The highest BCUT2D eigenvalue weighted by atomic mass is 16.5. The maximum atomic E-state index is 12.5. The number of allylic oxidation sites excluding steroid dienone is 2. The first-order valence-corrected chi connectivity index (χ1v) is 16.2. The minimum absolute atomic E-state index is 0.0388. The Morgan fingerprint density at radius 3 is 1.73 bits per heavy atom. The van der Waals surface area contributed by atoms with Gasteiger partial charge in [-0.3, -0.25) is 10.6 Å². The van der Waals surface area contributed by atoms with Crippen LogP contribution in [-0.4, -0.2) is 19.1 Å². The quantitative estimate of drug-likeness (QED) is 0.0288. The van der Waals surface area contributed by atoms with Gasteiger partial charge in [-0.05, 0) is 63.7 Å². The topological polar surface area (TPSA) is 76.4 Å². The number of nitrogens with two attached hydrogens (primary N) is 1. The first-order chi connectivity index (χ1) is 18.2. The van der Waals surface area contributed by atoms with E-state index in [4.69, 9.17) is 10.6 Å². The number of hydrogen-bond donors (Lipinski definition) is 3. The van der Waals surface area contributed by atoms with Gasteiger partial charge >= 0.3 is 5.97 Å². The molecule has 0 aliphatic rings. The number of ether oxygens (including phenoxy) is 1. The summed E-state index contributed by atoms with van der Waals surface area (Å²) >= 11 is 0. The standard InChI is InChI=1S/C32H65N3O2/c1-3-5-7-9-18-22-26-31(27-23-19-10-8-6-4-2)30-32(36)37-29-25-21-17-15-13-11-12-14-16-20-24-28-34-35-33/h11,13,31,34-35H,3-10,12,14-30,33H2,1-2H3/b13-11+. The zero-order chi connectivity index (χ0) is 27.1. The Bertz CT molecular complexity index is 469. The van der Waals surface area contributed by atoms with Crippen molar-refractivity contribution in [3.63, 3.8) is 0 Å². The zero-order valence-electron chi connectivity index (χ0n) is 25.0. The van der Waals surface area contributed by atoms with Crippen molar-refractivity contribution in [2.24, 2.45) is 11.8 Å². The highest BCUT2D eigenvalue weighted by Crippen LogP contribution is 2.23. The molecular weight excluding hydrogens is 458 g/mol. The molecular formula is C32H65N3O2. The van der Waals surface area contributed by atoms with Gasteiger partial charge < -0.3 is 4.74 Å².